The van der Waals surface area contributed by atoms with Gasteiger partial charge in [-0.05, 0) is 42.0 Å². The Morgan fingerprint density at radius 1 is 1.03 bits per heavy atom. The molecular formula is C15H5F7N2O5S. The lowest BCUT2D eigenvalue weighted by Gasteiger charge is -2.29. The molecule has 0 saturated heterocycles. The molecule has 7 nitrogen and oxygen atoms in total. The van der Waals surface area contributed by atoms with Gasteiger partial charge in [-0.3, -0.25) is 0 Å². The molecule has 15 heteroatoms. The lowest BCUT2D eigenvalue weighted by Crippen LogP contribution is -2.49. The Morgan fingerprint density at radius 3 is 2.23 bits per heavy atom. The number of hydrogen-bond acceptors (Lipinski definition) is 8. The van der Waals surface area contributed by atoms with Crippen LogP contribution in [0.1, 0.15) is 23.2 Å². The van der Waals surface area contributed by atoms with Crippen molar-refractivity contribution in [3.63, 3.8) is 0 Å². The predicted octanol–water partition coefficient (Wildman–Crippen LogP) is 5.34. The first-order valence-corrected chi connectivity index (χ1v) is 8.21. The van der Waals surface area contributed by atoms with Crippen LogP contribution in [0.5, 0.6) is 11.5 Å². The van der Waals surface area contributed by atoms with Crippen LogP contribution in [0.4, 0.5) is 31.3 Å². The van der Waals surface area contributed by atoms with Crippen molar-refractivity contribution in [3.8, 4) is 17.6 Å². The average Bonchev–Trinajstić information content (AvgIpc) is 3.02. The molecule has 1 aliphatic heterocycles. The third kappa shape index (κ3) is 3.22. The molecule has 0 N–H and O–H groups in total. The molecule has 0 spiro atoms. The van der Waals surface area contributed by atoms with E-state index in [2.05, 4.69) is 24.7 Å². The Bertz CT molecular complexity index is 998. The molecule has 3 rings (SSSR count). The third-order valence-corrected chi connectivity index (χ3v) is 5.14. The first-order chi connectivity index (χ1) is 14.3. The van der Waals surface area contributed by atoms with E-state index in [1.165, 1.54) is 0 Å². The second-order valence-electron chi connectivity index (χ2n) is 5.49. The number of hydrogen-bond donors (Lipinski definition) is 0. The number of fused-ring (bicyclic) bond motifs is 1. The predicted molar refractivity (Wildman–Crippen MR) is 79.4 cm³/mol. The molecule has 2 aromatic rings. The molecular weight excluding hydrogens is 453 g/mol. The van der Waals surface area contributed by atoms with Crippen molar-refractivity contribution < 1.29 is 55.8 Å². The maximum atomic E-state index is 13.7. The number of halogens is 7. The van der Waals surface area contributed by atoms with E-state index >= 15 is 0 Å². The third-order valence-electron chi connectivity index (χ3n) is 3.85. The lowest BCUT2D eigenvalue weighted by atomic mass is 10.1. The monoisotopic (exact) mass is 458 g/mol. The Hall–Kier alpha value is -2.64. The number of alkyl halides is 2. The summed E-state index contributed by atoms with van der Waals surface area (Å²) in [5, 5.41) is 5.09. The number of nitriles is 1. The zero-order chi connectivity index (χ0) is 22.1. The number of ether oxygens (including phenoxy) is 1. The minimum absolute atomic E-state index is 0.224. The number of aromatic nitrogens is 1. The number of pyridine rings is 1. The zero-order valence-electron chi connectivity index (χ0n) is 13.9. The van der Waals surface area contributed by atoms with Gasteiger partial charge in [0.1, 0.15) is 17.3 Å². The molecule has 1 aromatic carbocycles. The summed E-state index contributed by atoms with van der Waals surface area (Å²) in [6.45, 7) is 0. The molecule has 0 aliphatic carbocycles. The minimum Gasteiger partial charge on any atom is -0.455 e. The summed E-state index contributed by atoms with van der Waals surface area (Å²) in [5.74, 6) is -6.02. The largest absolute Gasteiger partial charge is 0.455 e. The molecule has 0 bridgehead atoms. The van der Waals surface area contributed by atoms with E-state index in [0.717, 1.165) is 18.2 Å². The first-order valence-electron chi connectivity index (χ1n) is 7.39. The number of rotatable bonds is 7. The first kappa shape index (κ1) is 22.1. The fraction of sp³-hybridized carbons (Fsp3) is 0.200. The Balaban J connectivity index is 2.18. The van der Waals surface area contributed by atoms with Crippen LogP contribution >= 0.6 is 11.8 Å². The van der Waals surface area contributed by atoms with Crippen LogP contribution in [0.15, 0.2) is 29.3 Å². The summed E-state index contributed by atoms with van der Waals surface area (Å²) in [6.07, 6.45) is -3.02. The Morgan fingerprint density at radius 2 is 1.70 bits per heavy atom. The molecule has 160 valence electrons. The van der Waals surface area contributed by atoms with E-state index in [1.807, 2.05) is 0 Å². The fourth-order valence-corrected chi connectivity index (χ4v) is 3.81. The molecule has 0 saturated carbocycles. The summed E-state index contributed by atoms with van der Waals surface area (Å²) in [7, 11) is 0. The van der Waals surface area contributed by atoms with E-state index in [0.29, 0.717) is 6.20 Å². The molecule has 1 aliphatic rings. The van der Waals surface area contributed by atoms with Crippen molar-refractivity contribution in [1.29, 1.82) is 5.26 Å². The van der Waals surface area contributed by atoms with E-state index in [-0.39, 0.29) is 5.56 Å². The molecule has 30 heavy (non-hydrogen) atoms. The van der Waals surface area contributed by atoms with Gasteiger partial charge in [-0.25, -0.2) is 18.2 Å². The van der Waals surface area contributed by atoms with Crippen molar-refractivity contribution in [3.05, 3.63) is 47.0 Å². The van der Waals surface area contributed by atoms with Crippen molar-refractivity contribution in [1.82, 2.24) is 4.98 Å². The summed E-state index contributed by atoms with van der Waals surface area (Å²) >= 11 is -0.443. The molecule has 0 radical (unpaired) electrons. The molecule has 0 fully saturated rings. The molecule has 0 atom stereocenters. The van der Waals surface area contributed by atoms with Gasteiger partial charge in [-0.15, -0.1) is 19.8 Å². The van der Waals surface area contributed by atoms with E-state index in [4.69, 9.17) is 10.00 Å². The van der Waals surface area contributed by atoms with Crippen LogP contribution in [0, 0.1) is 17.1 Å². The second kappa shape index (κ2) is 8.24. The highest BCUT2D eigenvalue weighted by molar-refractivity contribution is 8.00. The molecule has 1 aromatic heterocycles. The van der Waals surface area contributed by atoms with Gasteiger partial charge in [0.05, 0.1) is 28.3 Å². The SMILES string of the molecule is N#Cc1cc(F)cc(Oc2cnc3c(c2C(F)F)SC(OF)(OF)C3(OF)OF)c1. The van der Waals surface area contributed by atoms with Gasteiger partial charge in [0.25, 0.3) is 6.43 Å². The van der Waals surface area contributed by atoms with Crippen LogP contribution in [0.25, 0.3) is 0 Å². The van der Waals surface area contributed by atoms with Gasteiger partial charge >= 0.3 is 10.9 Å². The van der Waals surface area contributed by atoms with Gasteiger partial charge in [0, 0.05) is 6.07 Å². The van der Waals surface area contributed by atoms with Crippen LogP contribution in [0.2, 0.25) is 0 Å². The standard InChI is InChI=1S/C15H5F7N2O5S/c16-7-1-6(4-23)2-8(3-7)25-9-5-24-12-11(10(9)13(17)18)30-15(28-21,29-22)14(12,26-19)27-20/h1-3,5,13H. The molecule has 0 amide bonds. The van der Waals surface area contributed by atoms with Crippen LogP contribution in [0.3, 0.4) is 0 Å². The van der Waals surface area contributed by atoms with Gasteiger partial charge in [0.15, 0.2) is 5.75 Å². The summed E-state index contributed by atoms with van der Waals surface area (Å²) in [4.78, 5) is 14.8. The number of thioether (sulfide) groups is 1. The highest BCUT2D eigenvalue weighted by atomic mass is 32.2. The van der Waals surface area contributed by atoms with Crippen molar-refractivity contribution in [2.45, 2.75) is 22.2 Å². The average molecular weight is 458 g/mol. The van der Waals surface area contributed by atoms with Crippen molar-refractivity contribution in [2.75, 3.05) is 0 Å². The maximum Gasteiger partial charge on any atom is 0.359 e. The summed E-state index contributed by atoms with van der Waals surface area (Å²) < 4.78 is 98.4. The van der Waals surface area contributed by atoms with Crippen LogP contribution in [-0.4, -0.2) is 10.1 Å². The van der Waals surface area contributed by atoms with E-state index in [1.54, 1.807) is 6.07 Å². The maximum absolute atomic E-state index is 13.7. The lowest BCUT2D eigenvalue weighted by molar-refractivity contribution is -0.533. The zero-order valence-corrected chi connectivity index (χ0v) is 14.7. The summed E-state index contributed by atoms with van der Waals surface area (Å²) in [6, 6.07) is 4.15. The fourth-order valence-electron chi connectivity index (χ4n) is 2.60. The van der Waals surface area contributed by atoms with Crippen molar-refractivity contribution in [2.24, 2.45) is 0 Å². The van der Waals surface area contributed by atoms with Gasteiger partial charge in [0.2, 0.25) is 0 Å². The van der Waals surface area contributed by atoms with E-state index in [9.17, 15) is 31.3 Å². The number of benzene rings is 1. The highest BCUT2D eigenvalue weighted by Gasteiger charge is 2.72. The molecule has 2 heterocycles. The summed E-state index contributed by atoms with van der Waals surface area (Å²) in [5.41, 5.74) is -2.63. The normalized spacial score (nSPS) is 16.4. The van der Waals surface area contributed by atoms with Crippen LogP contribution in [-0.2, 0) is 25.6 Å². The second-order valence-corrected chi connectivity index (χ2v) is 6.64. The molecule has 0 unspecified atom stereocenters. The smallest absolute Gasteiger partial charge is 0.359 e. The van der Waals surface area contributed by atoms with Gasteiger partial charge in [-0.1, -0.05) is 0 Å². The highest BCUT2D eigenvalue weighted by Crippen LogP contribution is 2.62. The van der Waals surface area contributed by atoms with Crippen molar-refractivity contribution >= 4 is 11.8 Å². The van der Waals surface area contributed by atoms with E-state index < -0.39 is 62.6 Å². The number of nitrogens with zero attached hydrogens (tertiary/aromatic N) is 2. The Labute approximate surface area is 165 Å². The Kier molecular flexibility index (Phi) is 6.06. The van der Waals surface area contributed by atoms with Crippen LogP contribution < -0.4 is 4.74 Å². The topological polar surface area (TPSA) is 82.8 Å². The minimum atomic E-state index is -3.83. The van der Waals surface area contributed by atoms with Gasteiger partial charge in [-0.2, -0.15) is 5.26 Å². The quantitative estimate of drug-likeness (QED) is 0.406. The van der Waals surface area contributed by atoms with Gasteiger partial charge < -0.3 is 4.74 Å².